The topological polar surface area (TPSA) is 55.6 Å². The van der Waals surface area contributed by atoms with Crippen molar-refractivity contribution in [1.29, 1.82) is 0 Å². The molecular weight excluding hydrogens is 318 g/mol. The molecule has 0 saturated carbocycles. The first kappa shape index (κ1) is 15.1. The van der Waals surface area contributed by atoms with E-state index in [-0.39, 0.29) is 6.04 Å². The van der Waals surface area contributed by atoms with Crippen LogP contribution in [0.3, 0.4) is 0 Å². The third-order valence-corrected chi connectivity index (χ3v) is 3.54. The Labute approximate surface area is 128 Å². The van der Waals surface area contributed by atoms with Crippen molar-refractivity contribution in [3.05, 3.63) is 40.6 Å². The number of likely N-dealkylation sites (N-methyl/N-ethyl adjacent to an activating group) is 1. The molecular formula is C14H20BrN5. The summed E-state index contributed by atoms with van der Waals surface area (Å²) >= 11 is 3.47. The van der Waals surface area contributed by atoms with Crippen molar-refractivity contribution < 1.29 is 0 Å². The summed E-state index contributed by atoms with van der Waals surface area (Å²) in [6.45, 7) is 7.22. The minimum Gasteiger partial charge on any atom is -0.310 e. The maximum atomic E-state index is 4.39. The monoisotopic (exact) mass is 337 g/mol. The van der Waals surface area contributed by atoms with Crippen LogP contribution in [0.25, 0.3) is 0 Å². The zero-order valence-corrected chi connectivity index (χ0v) is 13.6. The van der Waals surface area contributed by atoms with Crippen LogP contribution >= 0.6 is 15.9 Å². The third-order valence-electron chi connectivity index (χ3n) is 3.10. The number of nitrogens with zero attached hydrogens (tertiary/aromatic N) is 4. The standard InChI is InChI=1S/C14H20BrN5/c1-4-17-13(11-5-12(15)8-16-7-11)6-14-18-9-19-20(14)10(2)3/h5,7-10,13,17H,4,6H2,1-3H3. The van der Waals surface area contributed by atoms with Crippen LogP contribution in [0.4, 0.5) is 0 Å². The summed E-state index contributed by atoms with van der Waals surface area (Å²) < 4.78 is 2.96. The predicted molar refractivity (Wildman–Crippen MR) is 82.5 cm³/mol. The fourth-order valence-corrected chi connectivity index (χ4v) is 2.59. The molecule has 2 aromatic rings. The molecule has 1 atom stereocenters. The van der Waals surface area contributed by atoms with E-state index in [2.05, 4.69) is 63.2 Å². The van der Waals surface area contributed by atoms with E-state index < -0.39 is 0 Å². The Bertz CT molecular complexity index is 552. The minimum absolute atomic E-state index is 0.187. The zero-order valence-electron chi connectivity index (χ0n) is 12.0. The lowest BCUT2D eigenvalue weighted by atomic mass is 10.1. The van der Waals surface area contributed by atoms with Gasteiger partial charge >= 0.3 is 0 Å². The molecule has 2 rings (SSSR count). The average molecular weight is 338 g/mol. The SMILES string of the molecule is CCNC(Cc1ncnn1C(C)C)c1cncc(Br)c1. The number of hydrogen-bond donors (Lipinski definition) is 1. The van der Waals surface area contributed by atoms with Gasteiger partial charge in [0.25, 0.3) is 0 Å². The Hall–Kier alpha value is -1.27. The van der Waals surface area contributed by atoms with Crippen LogP contribution in [0.15, 0.2) is 29.3 Å². The summed E-state index contributed by atoms with van der Waals surface area (Å²) in [6, 6.07) is 2.60. The smallest absolute Gasteiger partial charge is 0.138 e. The summed E-state index contributed by atoms with van der Waals surface area (Å²) in [5.41, 5.74) is 1.15. The highest BCUT2D eigenvalue weighted by Crippen LogP contribution is 2.21. The predicted octanol–water partition coefficient (Wildman–Crippen LogP) is 2.91. The van der Waals surface area contributed by atoms with E-state index in [0.29, 0.717) is 6.04 Å². The number of nitrogens with one attached hydrogen (secondary N) is 1. The van der Waals surface area contributed by atoms with Gasteiger partial charge in [-0.2, -0.15) is 5.10 Å². The van der Waals surface area contributed by atoms with Crippen molar-refractivity contribution in [3.63, 3.8) is 0 Å². The van der Waals surface area contributed by atoms with Crippen LogP contribution in [-0.4, -0.2) is 26.3 Å². The van der Waals surface area contributed by atoms with Gasteiger partial charge in [-0.05, 0) is 48.0 Å². The highest BCUT2D eigenvalue weighted by atomic mass is 79.9. The number of halogens is 1. The highest BCUT2D eigenvalue weighted by Gasteiger charge is 2.16. The molecule has 0 fully saturated rings. The van der Waals surface area contributed by atoms with Gasteiger partial charge in [0, 0.05) is 35.4 Å². The van der Waals surface area contributed by atoms with E-state index in [1.165, 1.54) is 0 Å². The molecule has 0 bridgehead atoms. The van der Waals surface area contributed by atoms with Crippen LogP contribution < -0.4 is 5.32 Å². The maximum absolute atomic E-state index is 4.39. The molecule has 0 radical (unpaired) electrons. The molecule has 6 heteroatoms. The Balaban J connectivity index is 2.23. The fraction of sp³-hybridized carbons (Fsp3) is 0.500. The summed E-state index contributed by atoms with van der Waals surface area (Å²) in [5.74, 6) is 0.992. The van der Waals surface area contributed by atoms with E-state index >= 15 is 0 Å². The molecule has 0 aliphatic heterocycles. The van der Waals surface area contributed by atoms with Crippen molar-refractivity contribution in [2.45, 2.75) is 39.3 Å². The van der Waals surface area contributed by atoms with Crippen LogP contribution in [0.1, 0.15) is 44.2 Å². The summed E-state index contributed by atoms with van der Waals surface area (Å²) in [6.07, 6.45) is 6.11. The molecule has 1 unspecified atom stereocenters. The molecule has 0 amide bonds. The van der Waals surface area contributed by atoms with Crippen LogP contribution in [0.5, 0.6) is 0 Å². The second kappa shape index (κ2) is 6.95. The summed E-state index contributed by atoms with van der Waals surface area (Å²) in [4.78, 5) is 8.63. The van der Waals surface area contributed by atoms with E-state index in [0.717, 1.165) is 28.8 Å². The van der Waals surface area contributed by atoms with Crippen molar-refractivity contribution in [2.24, 2.45) is 0 Å². The molecule has 5 nitrogen and oxygen atoms in total. The van der Waals surface area contributed by atoms with Crippen LogP contribution in [0.2, 0.25) is 0 Å². The lowest BCUT2D eigenvalue weighted by Gasteiger charge is -2.19. The van der Waals surface area contributed by atoms with Gasteiger partial charge in [0.1, 0.15) is 12.2 Å². The van der Waals surface area contributed by atoms with Gasteiger partial charge in [-0.3, -0.25) is 4.98 Å². The van der Waals surface area contributed by atoms with Gasteiger partial charge in [0.05, 0.1) is 0 Å². The van der Waals surface area contributed by atoms with E-state index in [1.807, 2.05) is 10.9 Å². The van der Waals surface area contributed by atoms with Gasteiger partial charge in [-0.1, -0.05) is 6.92 Å². The largest absolute Gasteiger partial charge is 0.310 e. The molecule has 2 aromatic heterocycles. The number of hydrogen-bond acceptors (Lipinski definition) is 4. The van der Waals surface area contributed by atoms with Crippen LogP contribution in [-0.2, 0) is 6.42 Å². The molecule has 0 spiro atoms. The number of aromatic nitrogens is 4. The van der Waals surface area contributed by atoms with E-state index in [4.69, 9.17) is 0 Å². The second-order valence-electron chi connectivity index (χ2n) is 4.97. The van der Waals surface area contributed by atoms with Crippen molar-refractivity contribution in [3.8, 4) is 0 Å². The average Bonchev–Trinajstić information content (AvgIpc) is 2.86. The van der Waals surface area contributed by atoms with Crippen LogP contribution in [0, 0.1) is 0 Å². The second-order valence-corrected chi connectivity index (χ2v) is 5.88. The fourth-order valence-electron chi connectivity index (χ4n) is 2.21. The molecule has 0 aliphatic rings. The van der Waals surface area contributed by atoms with Gasteiger partial charge in [0.15, 0.2) is 0 Å². The minimum atomic E-state index is 0.187. The first-order valence-corrected chi connectivity index (χ1v) is 7.63. The van der Waals surface area contributed by atoms with E-state index in [1.54, 1.807) is 12.5 Å². The Kier molecular flexibility index (Phi) is 5.25. The molecule has 2 heterocycles. The van der Waals surface area contributed by atoms with Gasteiger partial charge < -0.3 is 5.32 Å². The Morgan fingerprint density at radius 1 is 1.35 bits per heavy atom. The van der Waals surface area contributed by atoms with Crippen molar-refractivity contribution in [2.75, 3.05) is 6.54 Å². The lowest BCUT2D eigenvalue weighted by Crippen LogP contribution is -2.25. The molecule has 20 heavy (non-hydrogen) atoms. The van der Waals surface area contributed by atoms with E-state index in [9.17, 15) is 0 Å². The lowest BCUT2D eigenvalue weighted by molar-refractivity contribution is 0.468. The normalized spacial score (nSPS) is 12.8. The van der Waals surface area contributed by atoms with Gasteiger partial charge in [-0.25, -0.2) is 9.67 Å². The highest BCUT2D eigenvalue weighted by molar-refractivity contribution is 9.10. The summed E-state index contributed by atoms with van der Waals surface area (Å²) in [7, 11) is 0. The first-order chi connectivity index (χ1) is 9.61. The zero-order chi connectivity index (χ0) is 14.5. The molecule has 108 valence electrons. The maximum Gasteiger partial charge on any atom is 0.138 e. The summed E-state index contributed by atoms with van der Waals surface area (Å²) in [5, 5.41) is 7.78. The molecule has 0 aromatic carbocycles. The molecule has 0 aliphatic carbocycles. The quantitative estimate of drug-likeness (QED) is 0.880. The first-order valence-electron chi connectivity index (χ1n) is 6.84. The third kappa shape index (κ3) is 3.64. The van der Waals surface area contributed by atoms with Gasteiger partial charge in [0.2, 0.25) is 0 Å². The van der Waals surface area contributed by atoms with Gasteiger partial charge in [-0.15, -0.1) is 0 Å². The number of rotatable bonds is 6. The molecule has 0 saturated heterocycles. The number of pyridine rings is 1. The molecule has 1 N–H and O–H groups in total. The van der Waals surface area contributed by atoms with Crippen molar-refractivity contribution in [1.82, 2.24) is 25.1 Å². The Morgan fingerprint density at radius 3 is 2.80 bits per heavy atom. The Morgan fingerprint density at radius 2 is 2.15 bits per heavy atom. The van der Waals surface area contributed by atoms with Crippen molar-refractivity contribution >= 4 is 15.9 Å².